The number of rotatable bonds is 5. The SMILES string of the molecule is CCOc1ccc(OC2(CO)CCCCC2)cc1. The van der Waals surface area contributed by atoms with Crippen LogP contribution in [0.3, 0.4) is 0 Å². The van der Waals surface area contributed by atoms with Crippen molar-refractivity contribution in [1.82, 2.24) is 0 Å². The van der Waals surface area contributed by atoms with Crippen molar-refractivity contribution in [3.63, 3.8) is 0 Å². The number of benzene rings is 1. The Morgan fingerprint density at radius 3 is 2.22 bits per heavy atom. The first-order valence-corrected chi connectivity index (χ1v) is 6.81. The highest BCUT2D eigenvalue weighted by Crippen LogP contribution is 2.33. The predicted molar refractivity (Wildman–Crippen MR) is 71.1 cm³/mol. The summed E-state index contributed by atoms with van der Waals surface area (Å²) in [6.07, 6.45) is 5.40. The third-order valence-electron chi connectivity index (χ3n) is 3.52. The first kappa shape index (κ1) is 13.2. The second-order valence-electron chi connectivity index (χ2n) is 4.91. The quantitative estimate of drug-likeness (QED) is 0.872. The van der Waals surface area contributed by atoms with Crippen LogP contribution in [0.25, 0.3) is 0 Å². The molecular weight excluding hydrogens is 228 g/mol. The summed E-state index contributed by atoms with van der Waals surface area (Å²) in [5, 5.41) is 9.59. The van der Waals surface area contributed by atoms with Gasteiger partial charge in [0.15, 0.2) is 0 Å². The van der Waals surface area contributed by atoms with Crippen molar-refractivity contribution in [2.45, 2.75) is 44.6 Å². The summed E-state index contributed by atoms with van der Waals surface area (Å²) in [4.78, 5) is 0. The van der Waals surface area contributed by atoms with Gasteiger partial charge in [-0.15, -0.1) is 0 Å². The molecule has 3 nitrogen and oxygen atoms in total. The maximum Gasteiger partial charge on any atom is 0.132 e. The fourth-order valence-corrected chi connectivity index (χ4v) is 2.51. The molecule has 1 saturated carbocycles. The number of aliphatic hydroxyl groups is 1. The molecule has 1 N–H and O–H groups in total. The van der Waals surface area contributed by atoms with E-state index in [2.05, 4.69) is 0 Å². The van der Waals surface area contributed by atoms with E-state index in [0.29, 0.717) is 6.61 Å². The molecule has 0 amide bonds. The van der Waals surface area contributed by atoms with Gasteiger partial charge in [-0.2, -0.15) is 0 Å². The molecular formula is C15H22O3. The topological polar surface area (TPSA) is 38.7 Å². The molecule has 0 unspecified atom stereocenters. The molecule has 3 heteroatoms. The molecule has 0 aliphatic heterocycles. The van der Waals surface area contributed by atoms with Crippen LogP contribution in [0.1, 0.15) is 39.0 Å². The van der Waals surface area contributed by atoms with Crippen LogP contribution in [0.5, 0.6) is 11.5 Å². The predicted octanol–water partition coefficient (Wildman–Crippen LogP) is 3.16. The van der Waals surface area contributed by atoms with E-state index in [1.807, 2.05) is 31.2 Å². The van der Waals surface area contributed by atoms with E-state index in [-0.39, 0.29) is 12.2 Å². The van der Waals surface area contributed by atoms with Gasteiger partial charge in [0.2, 0.25) is 0 Å². The zero-order valence-corrected chi connectivity index (χ0v) is 11.0. The first-order valence-electron chi connectivity index (χ1n) is 6.81. The summed E-state index contributed by atoms with van der Waals surface area (Å²) < 4.78 is 11.4. The van der Waals surface area contributed by atoms with Gasteiger partial charge in [-0.3, -0.25) is 0 Å². The zero-order valence-electron chi connectivity index (χ0n) is 11.0. The van der Waals surface area contributed by atoms with Gasteiger partial charge in [-0.25, -0.2) is 0 Å². The van der Waals surface area contributed by atoms with Crippen LogP contribution in [0, 0.1) is 0 Å². The number of hydrogen-bond donors (Lipinski definition) is 1. The maximum absolute atomic E-state index is 9.59. The summed E-state index contributed by atoms with van der Waals surface area (Å²) in [5.41, 5.74) is -0.370. The molecule has 1 aliphatic carbocycles. The minimum absolute atomic E-state index is 0.0974. The van der Waals surface area contributed by atoms with E-state index in [4.69, 9.17) is 9.47 Å². The van der Waals surface area contributed by atoms with Crippen LogP contribution in [0.4, 0.5) is 0 Å². The Balaban J connectivity index is 2.02. The fraction of sp³-hybridized carbons (Fsp3) is 0.600. The average Bonchev–Trinajstić information content (AvgIpc) is 2.42. The normalized spacial score (nSPS) is 18.3. The summed E-state index contributed by atoms with van der Waals surface area (Å²) in [5.74, 6) is 1.67. The molecule has 0 atom stereocenters. The second-order valence-corrected chi connectivity index (χ2v) is 4.91. The molecule has 1 aromatic carbocycles. The van der Waals surface area contributed by atoms with Crippen LogP contribution >= 0.6 is 0 Å². The molecule has 100 valence electrons. The van der Waals surface area contributed by atoms with Crippen LogP contribution in [0.15, 0.2) is 24.3 Å². The Hall–Kier alpha value is -1.22. The van der Waals surface area contributed by atoms with Crippen molar-refractivity contribution in [3.8, 4) is 11.5 Å². The highest BCUT2D eigenvalue weighted by molar-refractivity contribution is 5.31. The van der Waals surface area contributed by atoms with Gasteiger partial charge in [-0.1, -0.05) is 6.42 Å². The number of hydrogen-bond acceptors (Lipinski definition) is 3. The summed E-state index contributed by atoms with van der Waals surface area (Å²) in [7, 11) is 0. The molecule has 0 saturated heterocycles. The van der Waals surface area contributed by atoms with E-state index < -0.39 is 0 Å². The molecule has 0 aromatic heterocycles. The van der Waals surface area contributed by atoms with Gasteiger partial charge in [0.1, 0.15) is 17.1 Å². The Kier molecular flexibility index (Phi) is 4.48. The van der Waals surface area contributed by atoms with Gasteiger partial charge in [0.05, 0.1) is 13.2 Å². The minimum atomic E-state index is -0.370. The van der Waals surface area contributed by atoms with E-state index in [9.17, 15) is 5.11 Å². The lowest BCUT2D eigenvalue weighted by molar-refractivity contribution is -0.0198. The van der Waals surface area contributed by atoms with Crippen molar-refractivity contribution in [3.05, 3.63) is 24.3 Å². The van der Waals surface area contributed by atoms with E-state index in [0.717, 1.165) is 37.2 Å². The van der Waals surface area contributed by atoms with Crippen LogP contribution in [-0.4, -0.2) is 23.9 Å². The largest absolute Gasteiger partial charge is 0.494 e. The molecule has 0 radical (unpaired) electrons. The number of ether oxygens (including phenoxy) is 2. The monoisotopic (exact) mass is 250 g/mol. The van der Waals surface area contributed by atoms with Gasteiger partial charge in [-0.05, 0) is 56.9 Å². The Labute approximate surface area is 109 Å². The Morgan fingerprint density at radius 1 is 1.06 bits per heavy atom. The smallest absolute Gasteiger partial charge is 0.132 e. The molecule has 18 heavy (non-hydrogen) atoms. The molecule has 0 spiro atoms. The first-order chi connectivity index (χ1) is 8.78. The van der Waals surface area contributed by atoms with Gasteiger partial charge < -0.3 is 14.6 Å². The van der Waals surface area contributed by atoms with Crippen LogP contribution in [0.2, 0.25) is 0 Å². The lowest BCUT2D eigenvalue weighted by Crippen LogP contribution is -2.41. The zero-order chi connectivity index (χ0) is 12.8. The van der Waals surface area contributed by atoms with Crippen molar-refractivity contribution < 1.29 is 14.6 Å². The average molecular weight is 250 g/mol. The third-order valence-corrected chi connectivity index (χ3v) is 3.52. The van der Waals surface area contributed by atoms with Crippen LogP contribution in [-0.2, 0) is 0 Å². The Bertz CT molecular complexity index is 353. The fourth-order valence-electron chi connectivity index (χ4n) is 2.51. The Morgan fingerprint density at radius 2 is 1.67 bits per heavy atom. The molecule has 1 aliphatic rings. The maximum atomic E-state index is 9.59. The summed E-state index contributed by atoms with van der Waals surface area (Å²) >= 11 is 0. The molecule has 0 bridgehead atoms. The minimum Gasteiger partial charge on any atom is -0.494 e. The van der Waals surface area contributed by atoms with Crippen molar-refractivity contribution >= 4 is 0 Å². The van der Waals surface area contributed by atoms with Crippen molar-refractivity contribution in [2.24, 2.45) is 0 Å². The van der Waals surface area contributed by atoms with Gasteiger partial charge in [0.25, 0.3) is 0 Å². The summed E-state index contributed by atoms with van der Waals surface area (Å²) in [6, 6.07) is 7.65. The number of aliphatic hydroxyl groups excluding tert-OH is 1. The van der Waals surface area contributed by atoms with Crippen LogP contribution < -0.4 is 9.47 Å². The molecule has 2 rings (SSSR count). The van der Waals surface area contributed by atoms with Gasteiger partial charge >= 0.3 is 0 Å². The molecule has 1 aromatic rings. The van der Waals surface area contributed by atoms with Crippen molar-refractivity contribution in [1.29, 1.82) is 0 Å². The third kappa shape index (κ3) is 3.16. The standard InChI is InChI=1S/C15H22O3/c1-2-17-13-6-8-14(9-7-13)18-15(12-16)10-4-3-5-11-15/h6-9,16H,2-5,10-12H2,1H3. The lowest BCUT2D eigenvalue weighted by atomic mass is 9.85. The second kappa shape index (κ2) is 6.10. The highest BCUT2D eigenvalue weighted by Gasteiger charge is 2.33. The lowest BCUT2D eigenvalue weighted by Gasteiger charge is -2.36. The highest BCUT2D eigenvalue weighted by atomic mass is 16.5. The summed E-state index contributed by atoms with van der Waals surface area (Å²) in [6.45, 7) is 2.73. The van der Waals surface area contributed by atoms with Gasteiger partial charge in [0, 0.05) is 0 Å². The van der Waals surface area contributed by atoms with E-state index in [1.165, 1.54) is 6.42 Å². The van der Waals surface area contributed by atoms with E-state index >= 15 is 0 Å². The molecule has 0 heterocycles. The van der Waals surface area contributed by atoms with Crippen molar-refractivity contribution in [2.75, 3.05) is 13.2 Å². The molecule has 1 fully saturated rings. The van der Waals surface area contributed by atoms with E-state index in [1.54, 1.807) is 0 Å².